The fourth-order valence-corrected chi connectivity index (χ4v) is 2.20. The number of nitro benzene ring substituents is 1. The molecule has 2 aromatic rings. The highest BCUT2D eigenvalue weighted by molar-refractivity contribution is 5.98. The van der Waals surface area contributed by atoms with Crippen LogP contribution in [-0.4, -0.2) is 43.0 Å². The molecule has 2 amide bonds. The van der Waals surface area contributed by atoms with Gasteiger partial charge in [-0.15, -0.1) is 0 Å². The summed E-state index contributed by atoms with van der Waals surface area (Å²) < 4.78 is 23.0. The van der Waals surface area contributed by atoms with Gasteiger partial charge in [-0.1, -0.05) is 12.1 Å². The van der Waals surface area contributed by atoms with Crippen molar-refractivity contribution in [2.75, 3.05) is 25.6 Å². The zero-order valence-corrected chi connectivity index (χ0v) is 15.1. The number of ether oxygens (including phenoxy) is 2. The van der Waals surface area contributed by atoms with E-state index in [1.54, 1.807) is 18.2 Å². The van der Waals surface area contributed by atoms with Crippen LogP contribution < -0.4 is 15.4 Å². The Kier molecular flexibility index (Phi) is 7.18. The number of carbonyl (C=O) groups is 3. The van der Waals surface area contributed by atoms with Gasteiger partial charge in [-0.2, -0.15) is 4.39 Å². The Morgan fingerprint density at radius 2 is 1.90 bits per heavy atom. The van der Waals surface area contributed by atoms with Crippen molar-refractivity contribution in [1.82, 2.24) is 5.32 Å². The average molecular weight is 405 g/mol. The number of rotatable bonds is 8. The van der Waals surface area contributed by atoms with Gasteiger partial charge in [0.15, 0.2) is 6.61 Å². The highest BCUT2D eigenvalue weighted by Gasteiger charge is 2.17. The maximum absolute atomic E-state index is 13.3. The molecule has 0 unspecified atom stereocenters. The van der Waals surface area contributed by atoms with Gasteiger partial charge in [-0.3, -0.25) is 24.5 Å². The van der Waals surface area contributed by atoms with Crippen molar-refractivity contribution in [3.63, 3.8) is 0 Å². The van der Waals surface area contributed by atoms with Crippen LogP contribution in [0.3, 0.4) is 0 Å². The molecular weight excluding hydrogens is 389 g/mol. The lowest BCUT2D eigenvalue weighted by molar-refractivity contribution is -0.387. The van der Waals surface area contributed by atoms with E-state index in [4.69, 9.17) is 9.47 Å². The first-order valence-electron chi connectivity index (χ1n) is 8.12. The number of hydrogen-bond donors (Lipinski definition) is 2. The number of benzene rings is 2. The van der Waals surface area contributed by atoms with Gasteiger partial charge in [0, 0.05) is 11.8 Å². The molecule has 2 aromatic carbocycles. The van der Waals surface area contributed by atoms with Gasteiger partial charge in [0.1, 0.15) is 12.3 Å². The van der Waals surface area contributed by atoms with Crippen LogP contribution in [-0.2, 0) is 14.3 Å². The van der Waals surface area contributed by atoms with Crippen molar-refractivity contribution < 1.29 is 33.2 Å². The van der Waals surface area contributed by atoms with Gasteiger partial charge >= 0.3 is 11.7 Å². The number of halogens is 1. The number of carbonyl (C=O) groups excluding carboxylic acids is 3. The fraction of sp³-hybridized carbons (Fsp3) is 0.167. The van der Waals surface area contributed by atoms with Crippen molar-refractivity contribution in [3.05, 3.63) is 64.0 Å². The summed E-state index contributed by atoms with van der Waals surface area (Å²) in [6.07, 6.45) is 0. The minimum atomic E-state index is -1.05. The lowest BCUT2D eigenvalue weighted by atomic mass is 10.2. The maximum Gasteiger partial charge on any atom is 0.325 e. The normalized spacial score (nSPS) is 10.0. The van der Waals surface area contributed by atoms with E-state index in [-0.39, 0.29) is 11.3 Å². The summed E-state index contributed by atoms with van der Waals surface area (Å²) in [6.45, 7) is -1.19. The molecule has 0 radical (unpaired) electrons. The molecule has 0 spiro atoms. The minimum Gasteiger partial charge on any atom is -0.496 e. The van der Waals surface area contributed by atoms with E-state index in [2.05, 4.69) is 10.6 Å². The molecule has 11 heteroatoms. The quantitative estimate of drug-likeness (QED) is 0.387. The highest BCUT2D eigenvalue weighted by atomic mass is 19.1. The summed E-state index contributed by atoms with van der Waals surface area (Å²) in [5, 5.41) is 15.3. The molecule has 152 valence electrons. The summed E-state index contributed by atoms with van der Waals surface area (Å²) in [7, 11) is 1.40. The smallest absolute Gasteiger partial charge is 0.325 e. The van der Waals surface area contributed by atoms with Crippen molar-refractivity contribution in [3.8, 4) is 5.75 Å². The van der Waals surface area contributed by atoms with Gasteiger partial charge in [0.2, 0.25) is 5.82 Å². The SMILES string of the molecule is COc1ccccc1C(=O)NCC(=O)OCC(=O)Nc1ccc(F)c([N+](=O)[O-])c1. The predicted molar refractivity (Wildman–Crippen MR) is 98.0 cm³/mol. The largest absolute Gasteiger partial charge is 0.496 e. The Hall–Kier alpha value is -4.02. The number of nitro groups is 1. The number of methoxy groups -OCH3 is 1. The number of hydrogen-bond acceptors (Lipinski definition) is 7. The minimum absolute atomic E-state index is 0.0383. The van der Waals surface area contributed by atoms with E-state index in [1.165, 1.54) is 13.2 Å². The lowest BCUT2D eigenvalue weighted by Crippen LogP contribution is -2.32. The monoisotopic (exact) mass is 405 g/mol. The first-order chi connectivity index (χ1) is 13.8. The molecule has 2 N–H and O–H groups in total. The molecule has 0 heterocycles. The predicted octanol–water partition coefficient (Wildman–Crippen LogP) is 1.65. The van der Waals surface area contributed by atoms with E-state index in [9.17, 15) is 28.9 Å². The molecule has 0 fully saturated rings. The van der Waals surface area contributed by atoms with Crippen LogP contribution in [0, 0.1) is 15.9 Å². The third-order valence-corrected chi connectivity index (χ3v) is 3.54. The van der Waals surface area contributed by atoms with Crippen LogP contribution in [0.25, 0.3) is 0 Å². The van der Waals surface area contributed by atoms with E-state index < -0.39 is 47.4 Å². The van der Waals surface area contributed by atoms with Crippen molar-refractivity contribution in [2.45, 2.75) is 0 Å². The van der Waals surface area contributed by atoms with Crippen molar-refractivity contribution >= 4 is 29.2 Å². The molecule has 0 bridgehead atoms. The van der Waals surface area contributed by atoms with Gasteiger partial charge in [0.05, 0.1) is 17.6 Å². The van der Waals surface area contributed by atoms with E-state index in [1.807, 2.05) is 0 Å². The van der Waals surface area contributed by atoms with E-state index in [0.717, 1.165) is 18.2 Å². The molecule has 0 aliphatic carbocycles. The maximum atomic E-state index is 13.3. The zero-order chi connectivity index (χ0) is 21.4. The number of esters is 1. The fourth-order valence-electron chi connectivity index (χ4n) is 2.20. The summed E-state index contributed by atoms with van der Waals surface area (Å²) in [5.41, 5.74) is -0.624. The third kappa shape index (κ3) is 5.99. The van der Waals surface area contributed by atoms with Crippen molar-refractivity contribution in [2.24, 2.45) is 0 Å². The molecular formula is C18H16FN3O7. The van der Waals surface area contributed by atoms with Gasteiger partial charge in [-0.25, -0.2) is 0 Å². The van der Waals surface area contributed by atoms with Crippen LogP contribution in [0.15, 0.2) is 42.5 Å². The Morgan fingerprint density at radius 1 is 1.17 bits per heavy atom. The Bertz CT molecular complexity index is 949. The van der Waals surface area contributed by atoms with E-state index >= 15 is 0 Å². The summed E-state index contributed by atoms with van der Waals surface area (Å²) in [4.78, 5) is 45.3. The highest BCUT2D eigenvalue weighted by Crippen LogP contribution is 2.21. The molecule has 29 heavy (non-hydrogen) atoms. The summed E-state index contributed by atoms with van der Waals surface area (Å²) in [6, 6.07) is 9.18. The zero-order valence-electron chi connectivity index (χ0n) is 15.1. The first-order valence-corrected chi connectivity index (χ1v) is 8.12. The lowest BCUT2D eigenvalue weighted by Gasteiger charge is -2.09. The second-order valence-electron chi connectivity index (χ2n) is 5.52. The molecule has 10 nitrogen and oxygen atoms in total. The first kappa shape index (κ1) is 21.3. The Labute approximate surface area is 163 Å². The van der Waals surface area contributed by atoms with Gasteiger partial charge in [0.25, 0.3) is 11.8 Å². The number of nitrogens with one attached hydrogen (secondary N) is 2. The van der Waals surface area contributed by atoms with Crippen LogP contribution in [0.1, 0.15) is 10.4 Å². The third-order valence-electron chi connectivity index (χ3n) is 3.54. The van der Waals surface area contributed by atoms with Crippen LogP contribution in [0.4, 0.5) is 15.8 Å². The van der Waals surface area contributed by atoms with Crippen LogP contribution in [0.2, 0.25) is 0 Å². The summed E-state index contributed by atoms with van der Waals surface area (Å²) >= 11 is 0. The molecule has 2 rings (SSSR count). The molecule has 0 saturated carbocycles. The molecule has 0 atom stereocenters. The van der Waals surface area contributed by atoms with Crippen molar-refractivity contribution in [1.29, 1.82) is 0 Å². The Morgan fingerprint density at radius 3 is 2.59 bits per heavy atom. The Balaban J connectivity index is 1.82. The topological polar surface area (TPSA) is 137 Å². The molecule has 0 saturated heterocycles. The van der Waals surface area contributed by atoms with Gasteiger partial charge < -0.3 is 20.1 Å². The number of amides is 2. The number of para-hydroxylation sites is 1. The molecule has 0 aliphatic heterocycles. The summed E-state index contributed by atoms with van der Waals surface area (Å²) in [5.74, 6) is -2.97. The number of anilines is 1. The van der Waals surface area contributed by atoms with E-state index in [0.29, 0.717) is 5.75 Å². The standard InChI is InChI=1S/C18H16FN3O7/c1-28-15-5-3-2-4-12(15)18(25)20-9-17(24)29-10-16(23)21-11-6-7-13(19)14(8-11)22(26)27/h2-8H,9-10H2,1H3,(H,20,25)(H,21,23). The average Bonchev–Trinajstić information content (AvgIpc) is 2.71. The molecule has 0 aromatic heterocycles. The van der Waals surface area contributed by atoms with Gasteiger partial charge in [-0.05, 0) is 24.3 Å². The van der Waals surface area contributed by atoms with Crippen LogP contribution >= 0.6 is 0 Å². The number of nitrogens with zero attached hydrogens (tertiary/aromatic N) is 1. The second kappa shape index (κ2) is 9.78. The molecule has 0 aliphatic rings. The second-order valence-corrected chi connectivity index (χ2v) is 5.52. The van der Waals surface area contributed by atoms with Crippen LogP contribution in [0.5, 0.6) is 5.75 Å².